The first-order chi connectivity index (χ1) is 10.9. The van der Waals surface area contributed by atoms with E-state index in [1.165, 1.54) is 16.2 Å². The molecule has 3 heteroatoms. The molecule has 0 radical (unpaired) electrons. The van der Waals surface area contributed by atoms with Crippen LogP contribution in [0.1, 0.15) is 25.1 Å². The Kier molecular flexibility index (Phi) is 3.11. The number of aromatic nitrogens is 3. The molecule has 108 valence electrons. The maximum Gasteiger partial charge on any atom is 0.0949 e. The Morgan fingerprint density at radius 3 is 2.59 bits per heavy atom. The zero-order valence-electron chi connectivity index (χ0n) is 12.5. The maximum absolute atomic E-state index is 4.68. The van der Waals surface area contributed by atoms with Crippen LogP contribution in [0.25, 0.3) is 21.7 Å². The van der Waals surface area contributed by atoms with Crippen LogP contribution in [0.2, 0.25) is 0 Å². The second-order valence-electron chi connectivity index (χ2n) is 5.49. The van der Waals surface area contributed by atoms with Gasteiger partial charge in [0, 0.05) is 17.0 Å². The van der Waals surface area contributed by atoms with Crippen LogP contribution in [0.5, 0.6) is 0 Å². The average molecular weight is 287 g/mol. The lowest BCUT2D eigenvalue weighted by atomic mass is 10.0. The van der Waals surface area contributed by atoms with Crippen LogP contribution in [0, 0.1) is 0 Å². The lowest BCUT2D eigenvalue weighted by Crippen LogP contribution is -2.13. The van der Waals surface area contributed by atoms with Crippen molar-refractivity contribution < 1.29 is 0 Å². The number of nitrogens with zero attached hydrogens (tertiary/aromatic N) is 3. The number of hydrogen-bond donors (Lipinski definition) is 0. The fraction of sp³-hybridized carbons (Fsp3) is 0.158. The predicted octanol–water partition coefficient (Wildman–Crippen LogP) is 4.58. The monoisotopic (exact) mass is 287 g/mol. The number of rotatable bonds is 3. The van der Waals surface area contributed by atoms with E-state index >= 15 is 0 Å². The molecule has 0 aliphatic rings. The van der Waals surface area contributed by atoms with Gasteiger partial charge in [-0.05, 0) is 23.9 Å². The Morgan fingerprint density at radius 2 is 1.73 bits per heavy atom. The van der Waals surface area contributed by atoms with Gasteiger partial charge >= 0.3 is 0 Å². The van der Waals surface area contributed by atoms with E-state index in [-0.39, 0.29) is 6.04 Å². The summed E-state index contributed by atoms with van der Waals surface area (Å²) < 4.78 is 2.10. The lowest BCUT2D eigenvalue weighted by molar-refractivity contribution is 0.517. The summed E-state index contributed by atoms with van der Waals surface area (Å²) in [5.74, 6) is 0. The molecule has 0 amide bonds. The Morgan fingerprint density at radius 1 is 0.955 bits per heavy atom. The van der Waals surface area contributed by atoms with Gasteiger partial charge in [0.25, 0.3) is 0 Å². The van der Waals surface area contributed by atoms with Crippen molar-refractivity contribution >= 4 is 21.7 Å². The Bertz CT molecular complexity index is 934. The summed E-state index contributed by atoms with van der Waals surface area (Å²) in [4.78, 5) is 4.68. The minimum absolute atomic E-state index is 0.144. The fourth-order valence-corrected chi connectivity index (χ4v) is 3.13. The van der Waals surface area contributed by atoms with Gasteiger partial charge in [0.1, 0.15) is 0 Å². The minimum Gasteiger partial charge on any atom is -0.258 e. The quantitative estimate of drug-likeness (QED) is 0.552. The molecular formula is C19H17N3. The molecule has 0 fully saturated rings. The third-order valence-corrected chi connectivity index (χ3v) is 4.21. The van der Waals surface area contributed by atoms with E-state index in [4.69, 9.17) is 0 Å². The van der Waals surface area contributed by atoms with Crippen molar-refractivity contribution in [2.24, 2.45) is 0 Å². The molecule has 0 N–H and O–H groups in total. The third kappa shape index (κ3) is 1.98. The van der Waals surface area contributed by atoms with E-state index < -0.39 is 0 Å². The van der Waals surface area contributed by atoms with Gasteiger partial charge in [0.2, 0.25) is 0 Å². The van der Waals surface area contributed by atoms with Gasteiger partial charge in [-0.15, -0.1) is 0 Å². The van der Waals surface area contributed by atoms with Crippen LogP contribution in [-0.4, -0.2) is 14.8 Å². The van der Waals surface area contributed by atoms with Crippen molar-refractivity contribution in [1.29, 1.82) is 0 Å². The van der Waals surface area contributed by atoms with Crippen LogP contribution in [0.4, 0.5) is 0 Å². The molecule has 0 bridgehead atoms. The van der Waals surface area contributed by atoms with Crippen LogP contribution < -0.4 is 0 Å². The predicted molar refractivity (Wildman–Crippen MR) is 89.9 cm³/mol. The number of para-hydroxylation sites is 1. The van der Waals surface area contributed by atoms with Gasteiger partial charge in [-0.25, -0.2) is 0 Å². The molecule has 0 aliphatic heterocycles. The molecule has 0 saturated heterocycles. The molecule has 2 heterocycles. The molecule has 3 nitrogen and oxygen atoms in total. The highest BCUT2D eigenvalue weighted by Gasteiger charge is 2.18. The number of benzene rings is 2. The molecular weight excluding hydrogens is 270 g/mol. The third-order valence-electron chi connectivity index (χ3n) is 4.21. The highest BCUT2D eigenvalue weighted by molar-refractivity contribution is 5.85. The fourth-order valence-electron chi connectivity index (χ4n) is 3.13. The molecule has 1 unspecified atom stereocenters. The van der Waals surface area contributed by atoms with E-state index in [9.17, 15) is 0 Å². The van der Waals surface area contributed by atoms with Gasteiger partial charge in [-0.3, -0.25) is 9.67 Å². The molecule has 2 aromatic heterocycles. The summed E-state index contributed by atoms with van der Waals surface area (Å²) in [5, 5.41) is 8.22. The van der Waals surface area contributed by atoms with Crippen LogP contribution >= 0.6 is 0 Å². The van der Waals surface area contributed by atoms with E-state index in [0.29, 0.717) is 0 Å². The summed E-state index contributed by atoms with van der Waals surface area (Å²) in [6.07, 6.45) is 4.78. The van der Waals surface area contributed by atoms with E-state index in [1.54, 1.807) is 0 Å². The Balaban J connectivity index is 1.95. The van der Waals surface area contributed by atoms with E-state index in [0.717, 1.165) is 17.6 Å². The van der Waals surface area contributed by atoms with Crippen LogP contribution in [0.3, 0.4) is 0 Å². The molecule has 4 aromatic rings. The summed E-state index contributed by atoms with van der Waals surface area (Å²) in [7, 11) is 0. The Labute approximate surface area is 129 Å². The smallest absolute Gasteiger partial charge is 0.0949 e. The number of fused-ring (bicyclic) bond motifs is 2. The van der Waals surface area contributed by atoms with Gasteiger partial charge < -0.3 is 0 Å². The lowest BCUT2D eigenvalue weighted by Gasteiger charge is -2.18. The number of hydrogen-bond acceptors (Lipinski definition) is 2. The molecule has 4 rings (SSSR count). The summed E-state index contributed by atoms with van der Waals surface area (Å²) in [6.45, 7) is 2.19. The molecule has 0 aliphatic carbocycles. The van der Waals surface area contributed by atoms with Crippen molar-refractivity contribution in [2.45, 2.75) is 19.4 Å². The first-order valence-electron chi connectivity index (χ1n) is 7.64. The van der Waals surface area contributed by atoms with E-state index in [2.05, 4.69) is 70.2 Å². The highest BCUT2D eigenvalue weighted by atomic mass is 15.3. The zero-order valence-corrected chi connectivity index (χ0v) is 12.5. The largest absolute Gasteiger partial charge is 0.258 e. The van der Waals surface area contributed by atoms with Crippen molar-refractivity contribution in [2.75, 3.05) is 0 Å². The molecule has 0 saturated carbocycles. The molecule has 2 aromatic carbocycles. The van der Waals surface area contributed by atoms with Crippen molar-refractivity contribution in [1.82, 2.24) is 14.8 Å². The Hall–Kier alpha value is -2.68. The van der Waals surface area contributed by atoms with Gasteiger partial charge in [0.05, 0.1) is 23.4 Å². The number of pyridine rings is 1. The highest BCUT2D eigenvalue weighted by Crippen LogP contribution is 2.29. The average Bonchev–Trinajstić information content (AvgIpc) is 3.00. The second-order valence-corrected chi connectivity index (χ2v) is 5.49. The van der Waals surface area contributed by atoms with Gasteiger partial charge in [-0.2, -0.15) is 5.10 Å². The second kappa shape index (κ2) is 5.26. The molecule has 0 spiro atoms. The van der Waals surface area contributed by atoms with Crippen molar-refractivity contribution in [3.05, 3.63) is 72.7 Å². The first-order valence-corrected chi connectivity index (χ1v) is 7.64. The summed E-state index contributed by atoms with van der Waals surface area (Å²) in [5.41, 5.74) is 2.25. The minimum atomic E-state index is 0.144. The standard InChI is InChI=1S/C19H17N3/c1-2-17(22-18-10-6-4-8-15(18)13-21-22)19-16-9-5-3-7-14(16)11-12-20-19/h3-13,17H,2H2,1H3. The maximum atomic E-state index is 4.68. The van der Waals surface area contributed by atoms with Crippen LogP contribution in [-0.2, 0) is 0 Å². The van der Waals surface area contributed by atoms with E-state index in [1.807, 2.05) is 18.5 Å². The normalized spacial score (nSPS) is 12.8. The van der Waals surface area contributed by atoms with Gasteiger partial charge in [0.15, 0.2) is 0 Å². The molecule has 1 atom stereocenters. The first kappa shape index (κ1) is 13.0. The van der Waals surface area contributed by atoms with Crippen molar-refractivity contribution in [3.63, 3.8) is 0 Å². The van der Waals surface area contributed by atoms with Gasteiger partial charge in [-0.1, -0.05) is 49.4 Å². The molecule has 22 heavy (non-hydrogen) atoms. The SMILES string of the molecule is CCC(c1nccc2ccccc12)n1ncc2ccccc21. The zero-order chi connectivity index (χ0) is 14.9. The topological polar surface area (TPSA) is 30.7 Å². The summed E-state index contributed by atoms with van der Waals surface area (Å²) >= 11 is 0. The van der Waals surface area contributed by atoms with Crippen LogP contribution in [0.15, 0.2) is 67.0 Å². The van der Waals surface area contributed by atoms with Crippen molar-refractivity contribution in [3.8, 4) is 0 Å². The summed E-state index contributed by atoms with van der Waals surface area (Å²) in [6, 6.07) is 18.9.